The first-order chi connectivity index (χ1) is 20.8. The van der Waals surface area contributed by atoms with E-state index >= 15 is 0 Å². The van der Waals surface area contributed by atoms with E-state index < -0.39 is 0 Å². The van der Waals surface area contributed by atoms with Crippen LogP contribution in [0.3, 0.4) is 0 Å². The summed E-state index contributed by atoms with van der Waals surface area (Å²) in [6.45, 7) is 0. The SMILES string of the molecule is c1ccc(-c2nc(-c3ccccc3)nc(-n3c4ccccc4c4ccc5ccc6c7ccccc7sc6c5c43)n2)cc1. The average Bonchev–Trinajstić information content (AvgIpc) is 3.61. The molecule has 0 unspecified atom stereocenters. The maximum atomic E-state index is 5.15. The Morgan fingerprint density at radius 1 is 0.476 bits per heavy atom. The molecule has 0 saturated heterocycles. The number of hydrogen-bond acceptors (Lipinski definition) is 4. The molecule has 0 aliphatic rings. The van der Waals surface area contributed by atoms with Crippen LogP contribution in [0.1, 0.15) is 0 Å². The zero-order valence-corrected chi connectivity index (χ0v) is 23.2. The highest BCUT2D eigenvalue weighted by Gasteiger charge is 2.21. The predicted octanol–water partition coefficient (Wildman–Crippen LogP) is 9.82. The van der Waals surface area contributed by atoms with Crippen molar-refractivity contribution in [2.45, 2.75) is 0 Å². The Morgan fingerprint density at radius 3 is 1.79 bits per heavy atom. The minimum absolute atomic E-state index is 0.611. The van der Waals surface area contributed by atoms with E-state index in [1.54, 1.807) is 0 Å². The normalized spacial score (nSPS) is 11.8. The van der Waals surface area contributed by atoms with Crippen LogP contribution < -0.4 is 0 Å². The van der Waals surface area contributed by atoms with Crippen LogP contribution in [0.25, 0.3) is 81.5 Å². The highest BCUT2D eigenvalue weighted by molar-refractivity contribution is 7.26. The Labute approximate surface area is 245 Å². The average molecular weight is 555 g/mol. The highest BCUT2D eigenvalue weighted by Crippen LogP contribution is 2.43. The van der Waals surface area contributed by atoms with Gasteiger partial charge in [0.1, 0.15) is 0 Å². The van der Waals surface area contributed by atoms with E-state index in [1.165, 1.54) is 41.7 Å². The van der Waals surface area contributed by atoms with Crippen molar-refractivity contribution in [2.24, 2.45) is 0 Å². The Morgan fingerprint density at radius 2 is 1.07 bits per heavy atom. The van der Waals surface area contributed by atoms with E-state index in [9.17, 15) is 0 Å². The molecule has 0 spiro atoms. The van der Waals surface area contributed by atoms with Gasteiger partial charge in [-0.25, -0.2) is 4.98 Å². The van der Waals surface area contributed by atoms with Gasteiger partial charge in [-0.3, -0.25) is 4.57 Å². The molecule has 9 rings (SSSR count). The monoisotopic (exact) mass is 554 g/mol. The van der Waals surface area contributed by atoms with Crippen LogP contribution in [0.15, 0.2) is 133 Å². The van der Waals surface area contributed by atoms with Crippen molar-refractivity contribution in [3.63, 3.8) is 0 Å². The quantitative estimate of drug-likeness (QED) is 0.218. The largest absolute Gasteiger partial charge is 0.277 e. The maximum Gasteiger partial charge on any atom is 0.238 e. The van der Waals surface area contributed by atoms with Gasteiger partial charge in [0.25, 0.3) is 0 Å². The van der Waals surface area contributed by atoms with Crippen LogP contribution in [0.5, 0.6) is 0 Å². The summed E-state index contributed by atoms with van der Waals surface area (Å²) in [4.78, 5) is 15.2. The van der Waals surface area contributed by atoms with Crippen molar-refractivity contribution in [1.82, 2.24) is 19.5 Å². The number of para-hydroxylation sites is 1. The van der Waals surface area contributed by atoms with Crippen LogP contribution in [0.2, 0.25) is 0 Å². The molecule has 0 radical (unpaired) electrons. The molecular formula is C37H22N4S. The fraction of sp³-hybridized carbons (Fsp3) is 0. The molecule has 9 aromatic rings. The summed E-state index contributed by atoms with van der Waals surface area (Å²) in [6.07, 6.45) is 0. The highest BCUT2D eigenvalue weighted by atomic mass is 32.1. The smallest absolute Gasteiger partial charge is 0.238 e. The van der Waals surface area contributed by atoms with Crippen LogP contribution >= 0.6 is 11.3 Å². The van der Waals surface area contributed by atoms with E-state index in [2.05, 4.69) is 102 Å². The van der Waals surface area contributed by atoms with Crippen molar-refractivity contribution >= 4 is 64.1 Å². The Hall–Kier alpha value is -5.39. The number of aromatic nitrogens is 4. The molecule has 3 heterocycles. The Bertz CT molecular complexity index is 2400. The summed E-state index contributed by atoms with van der Waals surface area (Å²) in [5.41, 5.74) is 4.10. The van der Waals surface area contributed by atoms with Crippen molar-refractivity contribution in [2.75, 3.05) is 0 Å². The first-order valence-corrected chi connectivity index (χ1v) is 14.8. The second-order valence-corrected chi connectivity index (χ2v) is 11.5. The van der Waals surface area contributed by atoms with Crippen LogP contribution in [-0.2, 0) is 0 Å². The standard InChI is InChI=1S/C37H22N4S/c1-3-11-24(12-4-1)35-38-36(25-13-5-2-6-14-25)40-37(39-35)41-30-17-9-7-15-26(30)28-21-19-23-20-22-29-27-16-8-10-18-31(27)42-34(29)32(23)33(28)41/h1-22H. The molecule has 0 aliphatic carbocycles. The fourth-order valence-corrected chi connectivity index (χ4v) is 7.40. The predicted molar refractivity (Wildman–Crippen MR) is 175 cm³/mol. The number of thiophene rings is 1. The minimum atomic E-state index is 0.611. The van der Waals surface area contributed by atoms with E-state index in [4.69, 9.17) is 15.0 Å². The van der Waals surface area contributed by atoms with Gasteiger partial charge in [0.15, 0.2) is 11.6 Å². The van der Waals surface area contributed by atoms with E-state index in [0.717, 1.165) is 22.2 Å². The van der Waals surface area contributed by atoms with Gasteiger partial charge in [-0.2, -0.15) is 9.97 Å². The zero-order valence-electron chi connectivity index (χ0n) is 22.4. The first-order valence-electron chi connectivity index (χ1n) is 14.0. The number of fused-ring (bicyclic) bond motifs is 9. The molecular weight excluding hydrogens is 533 g/mol. The third kappa shape index (κ3) is 3.44. The lowest BCUT2D eigenvalue weighted by molar-refractivity contribution is 0.955. The molecule has 4 nitrogen and oxygen atoms in total. The molecule has 0 saturated carbocycles. The number of benzene rings is 6. The zero-order chi connectivity index (χ0) is 27.6. The third-order valence-corrected chi connectivity index (χ3v) is 9.25. The van der Waals surface area contributed by atoms with Gasteiger partial charge in [-0.15, -0.1) is 11.3 Å². The summed E-state index contributed by atoms with van der Waals surface area (Å²) in [7, 11) is 0. The summed E-state index contributed by atoms with van der Waals surface area (Å²) in [5, 5.41) is 7.35. The fourth-order valence-electron chi connectivity index (χ4n) is 6.15. The minimum Gasteiger partial charge on any atom is -0.277 e. The van der Waals surface area contributed by atoms with Gasteiger partial charge in [-0.05, 0) is 17.5 Å². The summed E-state index contributed by atoms with van der Waals surface area (Å²) < 4.78 is 4.82. The van der Waals surface area contributed by atoms with E-state index in [1.807, 2.05) is 47.7 Å². The lowest BCUT2D eigenvalue weighted by atomic mass is 10.0. The van der Waals surface area contributed by atoms with Gasteiger partial charge in [0.2, 0.25) is 5.95 Å². The van der Waals surface area contributed by atoms with Crippen molar-refractivity contribution in [3.05, 3.63) is 133 Å². The molecule has 0 aliphatic heterocycles. The van der Waals surface area contributed by atoms with E-state index in [-0.39, 0.29) is 0 Å². The Kier molecular flexibility index (Phi) is 5.03. The van der Waals surface area contributed by atoms with Gasteiger partial charge in [0.05, 0.1) is 11.0 Å². The number of nitrogens with zero attached hydrogens (tertiary/aromatic N) is 4. The lowest BCUT2D eigenvalue weighted by Crippen LogP contribution is -2.06. The van der Waals surface area contributed by atoms with Crippen molar-refractivity contribution < 1.29 is 0 Å². The molecule has 0 fully saturated rings. The Balaban J connectivity index is 1.47. The van der Waals surface area contributed by atoms with Crippen LogP contribution in [0, 0.1) is 0 Å². The van der Waals surface area contributed by atoms with Gasteiger partial charge in [-0.1, -0.05) is 121 Å². The van der Waals surface area contributed by atoms with E-state index in [0.29, 0.717) is 17.6 Å². The molecule has 0 amide bonds. The summed E-state index contributed by atoms with van der Waals surface area (Å²) >= 11 is 1.85. The van der Waals surface area contributed by atoms with Gasteiger partial charge < -0.3 is 0 Å². The second kappa shape index (κ2) is 9.06. The molecule has 196 valence electrons. The van der Waals surface area contributed by atoms with Gasteiger partial charge >= 0.3 is 0 Å². The molecule has 6 aromatic carbocycles. The second-order valence-electron chi connectivity index (χ2n) is 10.5. The number of rotatable bonds is 3. The first kappa shape index (κ1) is 23.3. The van der Waals surface area contributed by atoms with Crippen LogP contribution in [-0.4, -0.2) is 19.5 Å². The maximum absolute atomic E-state index is 5.15. The molecule has 3 aromatic heterocycles. The molecule has 0 bridgehead atoms. The lowest BCUT2D eigenvalue weighted by Gasteiger charge is -2.12. The number of hydrogen-bond donors (Lipinski definition) is 0. The van der Waals surface area contributed by atoms with Crippen molar-refractivity contribution in [1.29, 1.82) is 0 Å². The summed E-state index contributed by atoms with van der Waals surface area (Å²) in [5.74, 6) is 1.91. The molecule has 0 atom stereocenters. The van der Waals surface area contributed by atoms with Crippen LogP contribution in [0.4, 0.5) is 0 Å². The molecule has 0 N–H and O–H groups in total. The molecule has 42 heavy (non-hydrogen) atoms. The third-order valence-electron chi connectivity index (χ3n) is 8.05. The van der Waals surface area contributed by atoms with Crippen molar-refractivity contribution in [3.8, 4) is 28.7 Å². The van der Waals surface area contributed by atoms with Gasteiger partial charge in [0, 0.05) is 47.5 Å². The summed E-state index contributed by atoms with van der Waals surface area (Å²) in [6, 6.07) is 46.6. The topological polar surface area (TPSA) is 43.6 Å². The molecule has 5 heteroatoms.